The molecule has 1 aliphatic carbocycles. The lowest BCUT2D eigenvalue weighted by atomic mass is 9.80. The van der Waals surface area contributed by atoms with E-state index in [1.165, 1.54) is 13.4 Å². The van der Waals surface area contributed by atoms with E-state index in [-0.39, 0.29) is 17.3 Å². The minimum atomic E-state index is -0.667. The molecular formula is C27H26N2O5. The Bertz CT molecular complexity index is 1220. The molecule has 1 N–H and O–H groups in total. The van der Waals surface area contributed by atoms with E-state index < -0.39 is 17.7 Å². The van der Waals surface area contributed by atoms with Gasteiger partial charge in [0.1, 0.15) is 23.5 Å². The van der Waals surface area contributed by atoms with Crippen molar-refractivity contribution in [3.8, 4) is 17.0 Å². The van der Waals surface area contributed by atoms with E-state index in [1.54, 1.807) is 35.2 Å². The van der Waals surface area contributed by atoms with Gasteiger partial charge in [0.15, 0.2) is 0 Å². The largest absolute Gasteiger partial charge is 0.507 e. The van der Waals surface area contributed by atoms with Crippen LogP contribution in [0.3, 0.4) is 0 Å². The molecule has 3 aromatic rings. The van der Waals surface area contributed by atoms with E-state index in [9.17, 15) is 14.7 Å². The molecule has 2 aromatic carbocycles. The van der Waals surface area contributed by atoms with Gasteiger partial charge in [0, 0.05) is 17.3 Å². The molecule has 0 spiro atoms. The fourth-order valence-electron chi connectivity index (χ4n) is 5.18. The van der Waals surface area contributed by atoms with Crippen molar-refractivity contribution in [2.45, 2.75) is 38.1 Å². The van der Waals surface area contributed by atoms with Crippen LogP contribution in [0.4, 0.5) is 5.69 Å². The van der Waals surface area contributed by atoms with Gasteiger partial charge in [-0.2, -0.15) is 0 Å². The van der Waals surface area contributed by atoms with Crippen LogP contribution in [0.25, 0.3) is 17.0 Å². The summed E-state index contributed by atoms with van der Waals surface area (Å²) in [4.78, 5) is 28.2. The van der Waals surface area contributed by atoms with E-state index in [0.29, 0.717) is 22.7 Å². The number of para-hydroxylation sites is 1. The predicted octanol–water partition coefficient (Wildman–Crippen LogP) is 5.18. The Kier molecular flexibility index (Phi) is 5.92. The van der Waals surface area contributed by atoms with Crippen molar-refractivity contribution in [1.82, 2.24) is 5.16 Å². The molecule has 7 nitrogen and oxygen atoms in total. The van der Waals surface area contributed by atoms with Crippen molar-refractivity contribution >= 4 is 23.1 Å². The lowest BCUT2D eigenvalue weighted by Crippen LogP contribution is -2.40. The van der Waals surface area contributed by atoms with Gasteiger partial charge in [0.05, 0.1) is 24.3 Å². The average Bonchev–Trinajstić information content (AvgIpc) is 3.51. The number of aliphatic hydroxyl groups is 1. The summed E-state index contributed by atoms with van der Waals surface area (Å²) >= 11 is 0. The first-order valence-electron chi connectivity index (χ1n) is 11.6. The number of carbonyl (C=O) groups is 2. The number of amides is 1. The molecule has 1 amide bonds. The molecule has 1 unspecified atom stereocenters. The molecule has 5 rings (SSSR count). The highest BCUT2D eigenvalue weighted by molar-refractivity contribution is 6.51. The molecule has 1 atom stereocenters. The van der Waals surface area contributed by atoms with Gasteiger partial charge >= 0.3 is 0 Å². The third-order valence-corrected chi connectivity index (χ3v) is 6.82. The number of benzene rings is 2. The monoisotopic (exact) mass is 458 g/mol. The van der Waals surface area contributed by atoms with Crippen LogP contribution in [0.15, 0.2) is 71.0 Å². The lowest BCUT2D eigenvalue weighted by molar-refractivity contribution is -0.132. The molecule has 2 aliphatic rings. The highest BCUT2D eigenvalue weighted by Crippen LogP contribution is 2.42. The van der Waals surface area contributed by atoms with Crippen molar-refractivity contribution in [1.29, 1.82) is 0 Å². The van der Waals surface area contributed by atoms with Gasteiger partial charge in [0.2, 0.25) is 0 Å². The Hall–Kier alpha value is -3.87. The topological polar surface area (TPSA) is 92.9 Å². The number of ketones is 1. The maximum Gasteiger partial charge on any atom is 0.299 e. The summed E-state index contributed by atoms with van der Waals surface area (Å²) in [5.74, 6) is -0.953. The Morgan fingerprint density at radius 1 is 1.03 bits per heavy atom. The number of nitrogens with zero attached hydrogens (tertiary/aromatic N) is 2. The van der Waals surface area contributed by atoms with Gasteiger partial charge in [-0.05, 0) is 43.0 Å². The van der Waals surface area contributed by atoms with Crippen LogP contribution in [0.1, 0.15) is 37.7 Å². The number of hydrogen-bond donors (Lipinski definition) is 1. The normalized spacial score (nSPS) is 20.6. The summed E-state index contributed by atoms with van der Waals surface area (Å²) in [5, 5.41) is 15.3. The van der Waals surface area contributed by atoms with Crippen molar-refractivity contribution in [2.75, 3.05) is 12.0 Å². The van der Waals surface area contributed by atoms with Crippen LogP contribution < -0.4 is 9.64 Å². The van der Waals surface area contributed by atoms with Crippen LogP contribution in [0.2, 0.25) is 0 Å². The molecule has 174 valence electrons. The van der Waals surface area contributed by atoms with E-state index in [1.807, 2.05) is 24.3 Å². The highest BCUT2D eigenvalue weighted by atomic mass is 16.5. The Balaban J connectivity index is 1.61. The predicted molar refractivity (Wildman–Crippen MR) is 127 cm³/mol. The van der Waals surface area contributed by atoms with Gasteiger partial charge in [-0.15, -0.1) is 0 Å². The fraction of sp³-hybridized carbons (Fsp3) is 0.296. The third-order valence-electron chi connectivity index (χ3n) is 6.82. The van der Waals surface area contributed by atoms with E-state index >= 15 is 0 Å². The second-order valence-corrected chi connectivity index (χ2v) is 8.74. The summed E-state index contributed by atoms with van der Waals surface area (Å²) in [7, 11) is 1.51. The zero-order valence-corrected chi connectivity index (χ0v) is 18.9. The maximum atomic E-state index is 13.3. The second-order valence-electron chi connectivity index (χ2n) is 8.74. The molecule has 1 aromatic heterocycles. The standard InChI is InChI=1S/C27H26N2O5/c1-33-22-10-6-5-9-20(22)25(30)23-24(18-7-3-2-4-8-18)29(27(32)26(23)31)19-13-11-17(12-14-19)21-15-16-34-28-21/h5-6,9-16,18,24,30H,2-4,7-8H2,1H3. The van der Waals surface area contributed by atoms with Crippen LogP contribution in [0.5, 0.6) is 5.75 Å². The fourth-order valence-corrected chi connectivity index (χ4v) is 5.18. The molecule has 1 saturated heterocycles. The molecule has 1 saturated carbocycles. The van der Waals surface area contributed by atoms with Crippen molar-refractivity contribution in [3.63, 3.8) is 0 Å². The lowest BCUT2D eigenvalue weighted by Gasteiger charge is -2.34. The molecule has 2 fully saturated rings. The molecular weight excluding hydrogens is 432 g/mol. The summed E-state index contributed by atoms with van der Waals surface area (Å²) < 4.78 is 10.3. The average molecular weight is 459 g/mol. The number of rotatable bonds is 5. The summed E-state index contributed by atoms with van der Waals surface area (Å²) in [5.41, 5.74) is 2.71. The van der Waals surface area contributed by atoms with E-state index in [0.717, 1.165) is 37.7 Å². The summed E-state index contributed by atoms with van der Waals surface area (Å²) in [6, 6.07) is 15.5. The number of ether oxygens (including phenoxy) is 1. The maximum absolute atomic E-state index is 13.3. The first kappa shape index (κ1) is 21.9. The van der Waals surface area contributed by atoms with Gasteiger partial charge in [0.25, 0.3) is 11.7 Å². The van der Waals surface area contributed by atoms with Crippen LogP contribution in [0, 0.1) is 5.92 Å². The van der Waals surface area contributed by atoms with Gasteiger partial charge in [-0.1, -0.05) is 48.7 Å². The summed E-state index contributed by atoms with van der Waals surface area (Å²) in [6.07, 6.45) is 6.48. The molecule has 34 heavy (non-hydrogen) atoms. The zero-order chi connectivity index (χ0) is 23.7. The number of anilines is 1. The molecule has 1 aliphatic heterocycles. The minimum Gasteiger partial charge on any atom is -0.507 e. The van der Waals surface area contributed by atoms with Crippen molar-refractivity contribution in [3.05, 3.63) is 72.0 Å². The third kappa shape index (κ3) is 3.77. The molecule has 0 bridgehead atoms. The van der Waals surface area contributed by atoms with Crippen LogP contribution in [-0.2, 0) is 9.59 Å². The number of aromatic nitrogens is 1. The first-order chi connectivity index (χ1) is 16.6. The van der Waals surface area contributed by atoms with E-state index in [4.69, 9.17) is 9.26 Å². The highest BCUT2D eigenvalue weighted by Gasteiger charge is 2.49. The molecule has 0 radical (unpaired) electrons. The van der Waals surface area contributed by atoms with Crippen LogP contribution in [-0.4, -0.2) is 35.1 Å². The second kappa shape index (κ2) is 9.17. The van der Waals surface area contributed by atoms with Gasteiger partial charge in [-0.25, -0.2) is 0 Å². The Labute approximate surface area is 197 Å². The number of methoxy groups -OCH3 is 1. The number of aliphatic hydroxyl groups excluding tert-OH is 1. The van der Waals surface area contributed by atoms with Crippen LogP contribution >= 0.6 is 0 Å². The number of hydrogen-bond acceptors (Lipinski definition) is 6. The SMILES string of the molecule is COc1ccccc1C(O)=C1C(=O)C(=O)N(c2ccc(-c3ccon3)cc2)C1C1CCCCC1. The Morgan fingerprint density at radius 2 is 1.76 bits per heavy atom. The van der Waals surface area contributed by atoms with Crippen molar-refractivity contribution in [2.24, 2.45) is 5.92 Å². The van der Waals surface area contributed by atoms with Gasteiger partial charge in [-0.3, -0.25) is 14.5 Å². The first-order valence-corrected chi connectivity index (χ1v) is 11.6. The summed E-state index contributed by atoms with van der Waals surface area (Å²) in [6.45, 7) is 0. The molecule has 7 heteroatoms. The molecule has 2 heterocycles. The van der Waals surface area contributed by atoms with Gasteiger partial charge < -0.3 is 14.4 Å². The zero-order valence-electron chi connectivity index (χ0n) is 18.9. The number of Topliss-reactive ketones (excluding diaryl/α,β-unsaturated/α-hetero) is 1. The van der Waals surface area contributed by atoms with Crippen molar-refractivity contribution < 1.29 is 24.0 Å². The van der Waals surface area contributed by atoms with E-state index in [2.05, 4.69) is 5.16 Å². The number of carbonyl (C=O) groups excluding carboxylic acids is 2. The smallest absolute Gasteiger partial charge is 0.299 e. The minimum absolute atomic E-state index is 0.0752. The quantitative estimate of drug-likeness (QED) is 0.322. The Morgan fingerprint density at radius 3 is 2.44 bits per heavy atom.